The van der Waals surface area contributed by atoms with E-state index < -0.39 is 0 Å². The number of rotatable bonds is 4. The molecule has 0 N–H and O–H groups in total. The average molecular weight is 293 g/mol. The molecule has 0 spiro atoms. The lowest BCUT2D eigenvalue weighted by molar-refractivity contribution is 0.0874. The third kappa shape index (κ3) is 2.62. The highest BCUT2D eigenvalue weighted by Crippen LogP contribution is 2.35. The van der Waals surface area contributed by atoms with E-state index in [4.69, 9.17) is 4.74 Å². The van der Waals surface area contributed by atoms with E-state index in [1.54, 1.807) is 4.90 Å². The van der Waals surface area contributed by atoms with Crippen LogP contribution in [0.5, 0.6) is 5.75 Å². The standard InChI is InChI=1S/C19H19NO2/c1-3-11-22-15-9-10-16-17(13-15)19(21)20(2)18(16)12-14-7-5-4-6-8-14/h4-10,12-13H,3,11H2,1-2H3/b18-12-. The maximum atomic E-state index is 12.5. The first-order chi connectivity index (χ1) is 10.7. The highest BCUT2D eigenvalue weighted by Gasteiger charge is 2.29. The molecule has 0 aromatic heterocycles. The minimum absolute atomic E-state index is 0.0131. The minimum atomic E-state index is 0.0131. The van der Waals surface area contributed by atoms with Gasteiger partial charge in [0.25, 0.3) is 5.91 Å². The summed E-state index contributed by atoms with van der Waals surface area (Å²) < 4.78 is 5.63. The summed E-state index contributed by atoms with van der Waals surface area (Å²) >= 11 is 0. The fourth-order valence-corrected chi connectivity index (χ4v) is 2.59. The number of ether oxygens (including phenoxy) is 1. The van der Waals surface area contributed by atoms with Crippen LogP contribution in [0.1, 0.15) is 34.8 Å². The molecule has 1 aliphatic heterocycles. The molecule has 0 bridgehead atoms. The third-order valence-corrected chi connectivity index (χ3v) is 3.74. The summed E-state index contributed by atoms with van der Waals surface area (Å²) in [7, 11) is 1.81. The number of hydrogen-bond donors (Lipinski definition) is 0. The van der Waals surface area contributed by atoms with Gasteiger partial charge in [0.2, 0.25) is 0 Å². The Morgan fingerprint density at radius 2 is 1.86 bits per heavy atom. The average Bonchev–Trinajstić information content (AvgIpc) is 2.79. The fraction of sp³-hybridized carbons (Fsp3) is 0.211. The summed E-state index contributed by atoms with van der Waals surface area (Å²) in [6.07, 6.45) is 2.99. The van der Waals surface area contributed by atoms with Gasteiger partial charge in [-0.05, 0) is 36.3 Å². The van der Waals surface area contributed by atoms with E-state index in [-0.39, 0.29) is 5.91 Å². The number of fused-ring (bicyclic) bond motifs is 1. The van der Waals surface area contributed by atoms with Crippen LogP contribution in [0.3, 0.4) is 0 Å². The van der Waals surface area contributed by atoms with E-state index in [0.717, 1.165) is 29.0 Å². The van der Waals surface area contributed by atoms with Gasteiger partial charge in [-0.2, -0.15) is 0 Å². The van der Waals surface area contributed by atoms with Crippen molar-refractivity contribution < 1.29 is 9.53 Å². The smallest absolute Gasteiger partial charge is 0.258 e. The molecule has 2 aromatic rings. The number of hydrogen-bond acceptors (Lipinski definition) is 2. The molecule has 112 valence electrons. The number of amides is 1. The first-order valence-electron chi connectivity index (χ1n) is 7.52. The number of benzene rings is 2. The molecule has 0 saturated heterocycles. The van der Waals surface area contributed by atoms with Crippen LogP contribution in [-0.2, 0) is 0 Å². The Hall–Kier alpha value is -2.55. The van der Waals surface area contributed by atoms with Crippen LogP contribution in [-0.4, -0.2) is 24.5 Å². The van der Waals surface area contributed by atoms with Crippen molar-refractivity contribution in [2.75, 3.05) is 13.7 Å². The van der Waals surface area contributed by atoms with E-state index in [0.29, 0.717) is 12.2 Å². The van der Waals surface area contributed by atoms with Crippen molar-refractivity contribution in [3.63, 3.8) is 0 Å². The minimum Gasteiger partial charge on any atom is -0.494 e. The maximum Gasteiger partial charge on any atom is 0.258 e. The second-order valence-corrected chi connectivity index (χ2v) is 5.36. The first-order valence-corrected chi connectivity index (χ1v) is 7.52. The van der Waals surface area contributed by atoms with Crippen LogP contribution < -0.4 is 4.74 Å². The first kappa shape index (κ1) is 14.4. The van der Waals surface area contributed by atoms with Gasteiger partial charge in [-0.25, -0.2) is 0 Å². The van der Waals surface area contributed by atoms with Crippen molar-refractivity contribution in [1.82, 2.24) is 4.90 Å². The summed E-state index contributed by atoms with van der Waals surface area (Å²) in [5, 5.41) is 0. The summed E-state index contributed by atoms with van der Waals surface area (Å²) in [6.45, 7) is 2.72. The summed E-state index contributed by atoms with van der Waals surface area (Å²) in [5.74, 6) is 0.766. The normalized spacial score (nSPS) is 15.3. The Kier molecular flexibility index (Phi) is 3.96. The second-order valence-electron chi connectivity index (χ2n) is 5.36. The Balaban J connectivity index is 2.00. The van der Waals surface area contributed by atoms with Crippen LogP contribution in [0.15, 0.2) is 48.5 Å². The van der Waals surface area contributed by atoms with Crippen LogP contribution >= 0.6 is 0 Å². The van der Waals surface area contributed by atoms with Crippen molar-refractivity contribution in [2.45, 2.75) is 13.3 Å². The van der Waals surface area contributed by atoms with E-state index in [1.165, 1.54) is 0 Å². The largest absolute Gasteiger partial charge is 0.494 e. The van der Waals surface area contributed by atoms with Crippen LogP contribution in [0.2, 0.25) is 0 Å². The van der Waals surface area contributed by atoms with E-state index >= 15 is 0 Å². The lowest BCUT2D eigenvalue weighted by Crippen LogP contribution is -2.17. The molecule has 0 radical (unpaired) electrons. The molecular formula is C19H19NO2. The Morgan fingerprint density at radius 1 is 1.09 bits per heavy atom. The highest BCUT2D eigenvalue weighted by molar-refractivity contribution is 6.11. The molecule has 2 aromatic carbocycles. The predicted octanol–water partition coefficient (Wildman–Crippen LogP) is 4.06. The van der Waals surface area contributed by atoms with Crippen molar-refractivity contribution in [1.29, 1.82) is 0 Å². The lowest BCUT2D eigenvalue weighted by Gasteiger charge is -2.11. The van der Waals surface area contributed by atoms with Gasteiger partial charge in [-0.15, -0.1) is 0 Å². The number of nitrogens with zero attached hydrogens (tertiary/aromatic N) is 1. The Bertz CT molecular complexity index is 719. The number of carbonyl (C=O) groups is 1. The van der Waals surface area contributed by atoms with E-state index in [9.17, 15) is 4.79 Å². The van der Waals surface area contributed by atoms with Crippen LogP contribution in [0.25, 0.3) is 11.8 Å². The van der Waals surface area contributed by atoms with Crippen molar-refractivity contribution in [2.24, 2.45) is 0 Å². The molecule has 0 aliphatic carbocycles. The Morgan fingerprint density at radius 3 is 2.59 bits per heavy atom. The molecule has 0 unspecified atom stereocenters. The molecule has 1 aliphatic rings. The molecule has 22 heavy (non-hydrogen) atoms. The van der Waals surface area contributed by atoms with Gasteiger partial charge in [0.05, 0.1) is 17.9 Å². The van der Waals surface area contributed by atoms with Crippen molar-refractivity contribution in [3.05, 3.63) is 65.2 Å². The summed E-state index contributed by atoms with van der Waals surface area (Å²) in [4.78, 5) is 14.1. The Labute approximate surface area is 130 Å². The van der Waals surface area contributed by atoms with Crippen LogP contribution in [0, 0.1) is 0 Å². The van der Waals surface area contributed by atoms with E-state index in [2.05, 4.69) is 6.92 Å². The summed E-state index contributed by atoms with van der Waals surface area (Å²) in [5.41, 5.74) is 3.67. The molecule has 1 amide bonds. The zero-order chi connectivity index (χ0) is 15.5. The predicted molar refractivity (Wildman–Crippen MR) is 88.6 cm³/mol. The van der Waals surface area contributed by atoms with Crippen molar-refractivity contribution in [3.8, 4) is 5.75 Å². The molecule has 0 fully saturated rings. The van der Waals surface area contributed by atoms with Crippen LogP contribution in [0.4, 0.5) is 0 Å². The molecule has 3 rings (SSSR count). The van der Waals surface area contributed by atoms with E-state index in [1.807, 2.05) is 61.7 Å². The van der Waals surface area contributed by atoms with Gasteiger partial charge >= 0.3 is 0 Å². The van der Waals surface area contributed by atoms with Gasteiger partial charge in [0, 0.05) is 12.6 Å². The monoisotopic (exact) mass is 293 g/mol. The second kappa shape index (κ2) is 6.06. The third-order valence-electron chi connectivity index (χ3n) is 3.74. The molecule has 1 heterocycles. The molecule has 3 nitrogen and oxygen atoms in total. The van der Waals surface area contributed by atoms with Gasteiger partial charge in [0.1, 0.15) is 5.75 Å². The SMILES string of the molecule is CCCOc1ccc2c(c1)C(=O)N(C)/C2=C\c1ccccc1. The molecule has 0 atom stereocenters. The van der Waals surface area contributed by atoms with Gasteiger partial charge < -0.3 is 9.64 Å². The van der Waals surface area contributed by atoms with Gasteiger partial charge in [-0.3, -0.25) is 4.79 Å². The zero-order valence-corrected chi connectivity index (χ0v) is 12.9. The zero-order valence-electron chi connectivity index (χ0n) is 12.9. The van der Waals surface area contributed by atoms with Gasteiger partial charge in [0.15, 0.2) is 0 Å². The molecular weight excluding hydrogens is 274 g/mol. The van der Waals surface area contributed by atoms with Crippen molar-refractivity contribution >= 4 is 17.7 Å². The molecule has 0 saturated carbocycles. The topological polar surface area (TPSA) is 29.5 Å². The lowest BCUT2D eigenvalue weighted by atomic mass is 10.1. The van der Waals surface area contributed by atoms with Gasteiger partial charge in [-0.1, -0.05) is 37.3 Å². The maximum absolute atomic E-state index is 12.5. The highest BCUT2D eigenvalue weighted by atomic mass is 16.5. The molecule has 3 heteroatoms. The fourth-order valence-electron chi connectivity index (χ4n) is 2.59. The number of carbonyl (C=O) groups excluding carboxylic acids is 1. The quantitative estimate of drug-likeness (QED) is 0.850. The summed E-state index contributed by atoms with van der Waals surface area (Å²) in [6, 6.07) is 15.8.